The number of piperazine rings is 1. The first kappa shape index (κ1) is 20.5. The molecular formula is C19H23Cl2N5O2. The largest absolute Gasteiger partial charge is 0.368 e. The van der Waals surface area contributed by atoms with Crippen molar-refractivity contribution in [3.8, 4) is 0 Å². The van der Waals surface area contributed by atoms with Crippen molar-refractivity contribution in [1.29, 1.82) is 0 Å². The third-order valence-electron chi connectivity index (χ3n) is 4.83. The molecule has 1 aromatic heterocycles. The Labute approximate surface area is 174 Å². The van der Waals surface area contributed by atoms with Crippen LogP contribution < -0.4 is 10.2 Å². The predicted octanol–water partition coefficient (Wildman–Crippen LogP) is 2.27. The minimum atomic E-state index is -0.270. The number of aryl methyl sites for hydroxylation is 1. The van der Waals surface area contributed by atoms with E-state index in [4.69, 9.17) is 23.2 Å². The molecule has 2 aromatic rings. The maximum atomic E-state index is 12.4. The van der Waals surface area contributed by atoms with Crippen LogP contribution in [-0.2, 0) is 16.1 Å². The standard InChI is InChI=1S/C19H23Cl2N5O2/c1-13-19(21)14(2)26(23-13)12-17(27)22-11-18(28)25-8-6-24(7-9-25)16-5-3-4-15(20)10-16/h3-5,10H,6-9,11-12H2,1-2H3,(H,22,27). The van der Waals surface area contributed by atoms with Crippen LogP contribution in [0.15, 0.2) is 24.3 Å². The van der Waals surface area contributed by atoms with Crippen molar-refractivity contribution in [2.75, 3.05) is 37.6 Å². The fraction of sp³-hybridized carbons (Fsp3) is 0.421. The van der Waals surface area contributed by atoms with Gasteiger partial charge in [-0.15, -0.1) is 0 Å². The van der Waals surface area contributed by atoms with Crippen molar-refractivity contribution in [2.24, 2.45) is 0 Å². The lowest BCUT2D eigenvalue weighted by Crippen LogP contribution is -2.51. The summed E-state index contributed by atoms with van der Waals surface area (Å²) in [7, 11) is 0. The molecule has 9 heteroatoms. The van der Waals surface area contributed by atoms with Crippen molar-refractivity contribution < 1.29 is 9.59 Å². The zero-order chi connectivity index (χ0) is 20.3. The third kappa shape index (κ3) is 4.77. The molecule has 1 aliphatic rings. The zero-order valence-corrected chi connectivity index (χ0v) is 17.4. The van der Waals surface area contributed by atoms with Crippen molar-refractivity contribution >= 4 is 40.7 Å². The van der Waals surface area contributed by atoms with Crippen LogP contribution in [0, 0.1) is 13.8 Å². The fourth-order valence-corrected chi connectivity index (χ4v) is 3.51. The number of nitrogens with zero attached hydrogens (tertiary/aromatic N) is 4. The molecular weight excluding hydrogens is 401 g/mol. The second-order valence-electron chi connectivity index (χ2n) is 6.77. The minimum Gasteiger partial charge on any atom is -0.368 e. The minimum absolute atomic E-state index is 0.0248. The van der Waals surface area contributed by atoms with Gasteiger partial charge in [0.1, 0.15) is 6.54 Å². The summed E-state index contributed by atoms with van der Waals surface area (Å²) in [6.45, 7) is 6.27. The predicted molar refractivity (Wildman–Crippen MR) is 110 cm³/mol. The second-order valence-corrected chi connectivity index (χ2v) is 7.58. The van der Waals surface area contributed by atoms with Gasteiger partial charge in [0, 0.05) is 36.9 Å². The number of benzene rings is 1. The van der Waals surface area contributed by atoms with E-state index in [9.17, 15) is 9.59 Å². The molecule has 0 radical (unpaired) electrons. The van der Waals surface area contributed by atoms with Gasteiger partial charge in [0.2, 0.25) is 11.8 Å². The molecule has 0 bridgehead atoms. The summed E-state index contributed by atoms with van der Waals surface area (Å²) in [5, 5.41) is 8.15. The molecule has 1 aliphatic heterocycles. The first-order valence-corrected chi connectivity index (χ1v) is 9.85. The Morgan fingerprint density at radius 3 is 2.46 bits per heavy atom. The summed E-state index contributed by atoms with van der Waals surface area (Å²) in [5.74, 6) is -0.362. The van der Waals surface area contributed by atoms with E-state index in [0.29, 0.717) is 28.8 Å². The molecule has 3 rings (SSSR count). The molecule has 2 heterocycles. The van der Waals surface area contributed by atoms with Gasteiger partial charge in [-0.1, -0.05) is 29.3 Å². The first-order valence-electron chi connectivity index (χ1n) is 9.09. The molecule has 1 fully saturated rings. The van der Waals surface area contributed by atoms with Gasteiger partial charge in [-0.2, -0.15) is 5.10 Å². The van der Waals surface area contributed by atoms with Crippen LogP contribution in [0.5, 0.6) is 0 Å². The average Bonchev–Trinajstić information content (AvgIpc) is 2.93. The molecule has 2 amide bonds. The number of hydrogen-bond acceptors (Lipinski definition) is 4. The normalized spacial score (nSPS) is 14.3. The van der Waals surface area contributed by atoms with Crippen LogP contribution in [0.2, 0.25) is 10.0 Å². The highest BCUT2D eigenvalue weighted by Crippen LogP contribution is 2.21. The highest BCUT2D eigenvalue weighted by Gasteiger charge is 2.22. The monoisotopic (exact) mass is 423 g/mol. The number of amides is 2. The maximum Gasteiger partial charge on any atom is 0.242 e. The van der Waals surface area contributed by atoms with Crippen LogP contribution in [-0.4, -0.2) is 59.2 Å². The second kappa shape index (κ2) is 8.84. The summed E-state index contributed by atoms with van der Waals surface area (Å²) in [4.78, 5) is 28.5. The number of carbonyl (C=O) groups excluding carboxylic acids is 2. The molecule has 0 saturated carbocycles. The molecule has 1 saturated heterocycles. The van der Waals surface area contributed by atoms with E-state index in [-0.39, 0.29) is 24.9 Å². The van der Waals surface area contributed by atoms with E-state index in [1.807, 2.05) is 24.3 Å². The number of hydrogen-bond donors (Lipinski definition) is 1. The van der Waals surface area contributed by atoms with Gasteiger partial charge < -0.3 is 15.1 Å². The number of anilines is 1. The quantitative estimate of drug-likeness (QED) is 0.800. The molecule has 0 atom stereocenters. The van der Waals surface area contributed by atoms with Gasteiger partial charge in [0.05, 0.1) is 23.0 Å². The Bertz CT molecular complexity index is 875. The van der Waals surface area contributed by atoms with Crippen molar-refractivity contribution in [3.05, 3.63) is 45.7 Å². The van der Waals surface area contributed by atoms with E-state index in [2.05, 4.69) is 15.3 Å². The average molecular weight is 424 g/mol. The highest BCUT2D eigenvalue weighted by molar-refractivity contribution is 6.31. The van der Waals surface area contributed by atoms with Crippen LogP contribution >= 0.6 is 23.2 Å². The van der Waals surface area contributed by atoms with Gasteiger partial charge in [-0.05, 0) is 32.0 Å². The van der Waals surface area contributed by atoms with Crippen LogP contribution in [0.25, 0.3) is 0 Å². The third-order valence-corrected chi connectivity index (χ3v) is 5.61. The summed E-state index contributed by atoms with van der Waals surface area (Å²) >= 11 is 12.1. The molecule has 7 nitrogen and oxygen atoms in total. The number of carbonyl (C=O) groups is 2. The molecule has 0 aliphatic carbocycles. The number of rotatable bonds is 5. The van der Waals surface area contributed by atoms with E-state index >= 15 is 0 Å². The molecule has 1 aromatic carbocycles. The van der Waals surface area contributed by atoms with Gasteiger partial charge in [0.25, 0.3) is 0 Å². The van der Waals surface area contributed by atoms with E-state index in [1.54, 1.807) is 23.4 Å². The molecule has 150 valence electrons. The van der Waals surface area contributed by atoms with Crippen molar-refractivity contribution in [2.45, 2.75) is 20.4 Å². The number of halogens is 2. The summed E-state index contributed by atoms with van der Waals surface area (Å²) < 4.78 is 1.54. The van der Waals surface area contributed by atoms with Gasteiger partial charge in [0.15, 0.2) is 0 Å². The van der Waals surface area contributed by atoms with Crippen molar-refractivity contribution in [1.82, 2.24) is 20.0 Å². The maximum absolute atomic E-state index is 12.4. The van der Waals surface area contributed by atoms with E-state index in [1.165, 1.54) is 0 Å². The molecule has 0 unspecified atom stereocenters. The first-order chi connectivity index (χ1) is 13.3. The van der Waals surface area contributed by atoms with Crippen LogP contribution in [0.1, 0.15) is 11.4 Å². The summed E-state index contributed by atoms with van der Waals surface area (Å²) in [6, 6.07) is 7.69. The van der Waals surface area contributed by atoms with Crippen molar-refractivity contribution in [3.63, 3.8) is 0 Å². The van der Waals surface area contributed by atoms with Crippen LogP contribution in [0.4, 0.5) is 5.69 Å². The zero-order valence-electron chi connectivity index (χ0n) is 15.9. The SMILES string of the molecule is Cc1nn(CC(=O)NCC(=O)N2CCN(c3cccc(Cl)c3)CC2)c(C)c1Cl. The Morgan fingerprint density at radius 1 is 1.14 bits per heavy atom. The van der Waals surface area contributed by atoms with Gasteiger partial charge in [-0.3, -0.25) is 14.3 Å². The Hall–Kier alpha value is -2.25. The topological polar surface area (TPSA) is 70.5 Å². The van der Waals surface area contributed by atoms with Crippen LogP contribution in [0.3, 0.4) is 0 Å². The smallest absolute Gasteiger partial charge is 0.242 e. The Morgan fingerprint density at radius 2 is 1.86 bits per heavy atom. The Balaban J connectivity index is 1.45. The van der Waals surface area contributed by atoms with E-state index in [0.717, 1.165) is 24.5 Å². The lowest BCUT2D eigenvalue weighted by atomic mass is 10.2. The molecule has 1 N–H and O–H groups in total. The molecule has 28 heavy (non-hydrogen) atoms. The summed E-state index contributed by atoms with van der Waals surface area (Å²) in [6.07, 6.45) is 0. The van der Waals surface area contributed by atoms with E-state index < -0.39 is 0 Å². The fourth-order valence-electron chi connectivity index (χ4n) is 3.19. The molecule has 0 spiro atoms. The van der Waals surface area contributed by atoms with Gasteiger partial charge >= 0.3 is 0 Å². The Kier molecular flexibility index (Phi) is 6.46. The lowest BCUT2D eigenvalue weighted by Gasteiger charge is -2.36. The number of aromatic nitrogens is 2. The highest BCUT2D eigenvalue weighted by atomic mass is 35.5. The van der Waals surface area contributed by atoms with Gasteiger partial charge in [-0.25, -0.2) is 0 Å². The lowest BCUT2D eigenvalue weighted by molar-refractivity contribution is -0.133. The number of nitrogens with one attached hydrogen (secondary N) is 1. The summed E-state index contributed by atoms with van der Waals surface area (Å²) in [5.41, 5.74) is 2.47.